The number of H-pyrrole nitrogens is 1. The Hall–Kier alpha value is -2.41. The molecule has 0 bridgehead atoms. The summed E-state index contributed by atoms with van der Waals surface area (Å²) in [5, 5.41) is 10.5. The topological polar surface area (TPSA) is 75.8 Å². The Morgan fingerprint density at radius 3 is 3.05 bits per heavy atom. The summed E-state index contributed by atoms with van der Waals surface area (Å²) in [5.74, 6) is 0.647. The van der Waals surface area contributed by atoms with E-state index >= 15 is 0 Å². The van der Waals surface area contributed by atoms with E-state index in [1.54, 1.807) is 4.57 Å². The predicted molar refractivity (Wildman–Crippen MR) is 80.6 cm³/mol. The zero-order valence-corrected chi connectivity index (χ0v) is 12.2. The number of hydrogen-bond acceptors (Lipinski definition) is 4. The largest absolute Gasteiger partial charge is 0.463 e. The number of nitrogens with zero attached hydrogens (tertiary/aromatic N) is 2. The standard InChI is InChI=1S/C14H14N4O2S/c1-18-12(16-17-14(18)21)6-7-15-13(19)10-8-20-11-5-3-2-4-9(10)11/h2-5,8H,6-7H2,1H3,(H,15,19)(H,17,21). The average Bonchev–Trinajstić information content (AvgIpc) is 3.05. The molecule has 108 valence electrons. The number of para-hydroxylation sites is 1. The molecule has 2 N–H and O–H groups in total. The van der Waals surface area contributed by atoms with Crippen LogP contribution in [0.1, 0.15) is 16.2 Å². The molecule has 7 heteroatoms. The second-order valence-electron chi connectivity index (χ2n) is 4.66. The lowest BCUT2D eigenvalue weighted by Crippen LogP contribution is -2.26. The highest BCUT2D eigenvalue weighted by molar-refractivity contribution is 7.71. The van der Waals surface area contributed by atoms with Crippen LogP contribution in [-0.4, -0.2) is 27.2 Å². The number of fused-ring (bicyclic) bond motifs is 1. The number of carbonyl (C=O) groups is 1. The highest BCUT2D eigenvalue weighted by Crippen LogP contribution is 2.20. The van der Waals surface area contributed by atoms with Crippen molar-refractivity contribution in [1.82, 2.24) is 20.1 Å². The SMILES string of the molecule is Cn1c(CCNC(=O)c2coc3ccccc23)n[nH]c1=S. The van der Waals surface area contributed by atoms with Gasteiger partial charge in [-0.15, -0.1) is 0 Å². The summed E-state index contributed by atoms with van der Waals surface area (Å²) in [6, 6.07) is 7.45. The Kier molecular flexibility index (Phi) is 3.57. The van der Waals surface area contributed by atoms with E-state index in [1.165, 1.54) is 6.26 Å². The number of hydrogen-bond donors (Lipinski definition) is 2. The Labute approximate surface area is 125 Å². The van der Waals surface area contributed by atoms with Gasteiger partial charge in [0.2, 0.25) is 0 Å². The maximum atomic E-state index is 12.2. The number of aromatic amines is 1. The van der Waals surface area contributed by atoms with Gasteiger partial charge in [0.1, 0.15) is 17.7 Å². The third-order valence-electron chi connectivity index (χ3n) is 3.33. The minimum atomic E-state index is -0.156. The summed E-state index contributed by atoms with van der Waals surface area (Å²) in [6.45, 7) is 0.478. The van der Waals surface area contributed by atoms with Crippen LogP contribution in [0.15, 0.2) is 34.9 Å². The Morgan fingerprint density at radius 1 is 1.48 bits per heavy atom. The van der Waals surface area contributed by atoms with Gasteiger partial charge in [-0.2, -0.15) is 5.10 Å². The molecule has 0 saturated heterocycles. The fraction of sp³-hybridized carbons (Fsp3) is 0.214. The second-order valence-corrected chi connectivity index (χ2v) is 5.04. The molecule has 0 atom stereocenters. The molecule has 0 radical (unpaired) electrons. The van der Waals surface area contributed by atoms with Crippen LogP contribution in [0, 0.1) is 4.77 Å². The number of furan rings is 1. The molecular weight excluding hydrogens is 288 g/mol. The van der Waals surface area contributed by atoms with Gasteiger partial charge >= 0.3 is 0 Å². The molecule has 3 aromatic rings. The number of amides is 1. The lowest BCUT2D eigenvalue weighted by atomic mass is 10.1. The summed E-state index contributed by atoms with van der Waals surface area (Å²) in [5.41, 5.74) is 1.25. The van der Waals surface area contributed by atoms with Gasteiger partial charge in [0.15, 0.2) is 4.77 Å². The molecule has 0 saturated carbocycles. The van der Waals surface area contributed by atoms with Crippen molar-refractivity contribution in [2.45, 2.75) is 6.42 Å². The highest BCUT2D eigenvalue weighted by atomic mass is 32.1. The lowest BCUT2D eigenvalue weighted by molar-refractivity contribution is 0.0954. The maximum absolute atomic E-state index is 12.2. The Balaban J connectivity index is 1.67. The zero-order valence-electron chi connectivity index (χ0n) is 11.4. The molecule has 2 heterocycles. The first-order valence-corrected chi connectivity index (χ1v) is 6.92. The van der Waals surface area contributed by atoms with Crippen molar-refractivity contribution in [3.8, 4) is 0 Å². The molecule has 6 nitrogen and oxygen atoms in total. The fourth-order valence-corrected chi connectivity index (χ4v) is 2.29. The number of aromatic nitrogens is 3. The first-order valence-electron chi connectivity index (χ1n) is 6.51. The van der Waals surface area contributed by atoms with Crippen LogP contribution in [0.3, 0.4) is 0 Å². The number of nitrogens with one attached hydrogen (secondary N) is 2. The van der Waals surface area contributed by atoms with E-state index in [4.69, 9.17) is 16.6 Å². The van der Waals surface area contributed by atoms with Crippen molar-refractivity contribution in [3.05, 3.63) is 46.7 Å². The Morgan fingerprint density at radius 2 is 2.29 bits per heavy atom. The van der Waals surface area contributed by atoms with E-state index in [0.29, 0.717) is 28.9 Å². The maximum Gasteiger partial charge on any atom is 0.255 e. The van der Waals surface area contributed by atoms with Crippen LogP contribution in [0.2, 0.25) is 0 Å². The number of carbonyl (C=O) groups excluding carboxylic acids is 1. The van der Waals surface area contributed by atoms with Gasteiger partial charge in [-0.1, -0.05) is 18.2 Å². The van der Waals surface area contributed by atoms with Gasteiger partial charge in [0, 0.05) is 25.4 Å². The smallest absolute Gasteiger partial charge is 0.255 e. The predicted octanol–water partition coefficient (Wildman–Crippen LogP) is 2.20. The van der Waals surface area contributed by atoms with Crippen LogP contribution >= 0.6 is 12.2 Å². The minimum Gasteiger partial charge on any atom is -0.463 e. The molecule has 0 aliphatic rings. The number of benzene rings is 1. The van der Waals surface area contributed by atoms with E-state index in [9.17, 15) is 4.79 Å². The quantitative estimate of drug-likeness (QED) is 0.724. The van der Waals surface area contributed by atoms with Gasteiger partial charge in [-0.3, -0.25) is 9.89 Å². The first-order chi connectivity index (χ1) is 10.2. The van der Waals surface area contributed by atoms with Gasteiger partial charge in [-0.05, 0) is 18.3 Å². The van der Waals surface area contributed by atoms with Gasteiger partial charge < -0.3 is 14.3 Å². The lowest BCUT2D eigenvalue weighted by Gasteiger charge is -2.03. The monoisotopic (exact) mass is 302 g/mol. The molecule has 2 aromatic heterocycles. The molecule has 0 aliphatic heterocycles. The van der Waals surface area contributed by atoms with Crippen LogP contribution < -0.4 is 5.32 Å². The molecule has 0 unspecified atom stereocenters. The summed E-state index contributed by atoms with van der Waals surface area (Å²) in [7, 11) is 1.84. The molecule has 0 spiro atoms. The minimum absolute atomic E-state index is 0.156. The van der Waals surface area contributed by atoms with Gasteiger partial charge in [-0.25, -0.2) is 0 Å². The van der Waals surface area contributed by atoms with E-state index in [0.717, 1.165) is 11.2 Å². The summed E-state index contributed by atoms with van der Waals surface area (Å²) < 4.78 is 7.71. The molecular formula is C14H14N4O2S. The third-order valence-corrected chi connectivity index (χ3v) is 3.70. The van der Waals surface area contributed by atoms with Crippen molar-refractivity contribution >= 4 is 29.1 Å². The van der Waals surface area contributed by atoms with Gasteiger partial charge in [0.25, 0.3) is 5.91 Å². The van der Waals surface area contributed by atoms with E-state index in [-0.39, 0.29) is 5.91 Å². The van der Waals surface area contributed by atoms with Crippen molar-refractivity contribution < 1.29 is 9.21 Å². The first kappa shape index (κ1) is 13.6. The van der Waals surface area contributed by atoms with Gasteiger partial charge in [0.05, 0.1) is 5.56 Å². The van der Waals surface area contributed by atoms with Crippen molar-refractivity contribution in [2.24, 2.45) is 7.05 Å². The second kappa shape index (κ2) is 5.53. The van der Waals surface area contributed by atoms with Crippen molar-refractivity contribution in [3.63, 3.8) is 0 Å². The van der Waals surface area contributed by atoms with E-state index < -0.39 is 0 Å². The molecule has 1 aromatic carbocycles. The zero-order chi connectivity index (χ0) is 14.8. The third kappa shape index (κ3) is 2.59. The molecule has 0 aliphatic carbocycles. The average molecular weight is 302 g/mol. The molecule has 1 amide bonds. The van der Waals surface area contributed by atoms with E-state index in [1.807, 2.05) is 31.3 Å². The molecule has 3 rings (SSSR count). The number of rotatable bonds is 4. The van der Waals surface area contributed by atoms with Crippen LogP contribution in [-0.2, 0) is 13.5 Å². The highest BCUT2D eigenvalue weighted by Gasteiger charge is 2.13. The van der Waals surface area contributed by atoms with Crippen molar-refractivity contribution in [1.29, 1.82) is 0 Å². The van der Waals surface area contributed by atoms with E-state index in [2.05, 4.69) is 15.5 Å². The van der Waals surface area contributed by atoms with Crippen LogP contribution in [0.25, 0.3) is 11.0 Å². The summed E-state index contributed by atoms with van der Waals surface area (Å²) >= 11 is 5.04. The van der Waals surface area contributed by atoms with Crippen molar-refractivity contribution in [2.75, 3.05) is 6.54 Å². The normalized spacial score (nSPS) is 10.9. The molecule has 21 heavy (non-hydrogen) atoms. The summed E-state index contributed by atoms with van der Waals surface area (Å²) in [6.07, 6.45) is 2.08. The molecule has 0 fully saturated rings. The van der Waals surface area contributed by atoms with Crippen LogP contribution in [0.4, 0.5) is 0 Å². The van der Waals surface area contributed by atoms with Crippen LogP contribution in [0.5, 0.6) is 0 Å². The fourth-order valence-electron chi connectivity index (χ4n) is 2.14. The Bertz CT molecular complexity index is 846. The summed E-state index contributed by atoms with van der Waals surface area (Å²) in [4.78, 5) is 12.2.